The SMILES string of the molecule is Cc1cc(Cl)ccc1O[C@@H](C)C(=O)Nc1ccc2nc(SCc3ccccc3)sc2c1. The monoisotopic (exact) mass is 468 g/mol. The van der Waals surface area contributed by atoms with Crippen LogP contribution >= 0.6 is 34.7 Å². The Morgan fingerprint density at radius 3 is 2.74 bits per heavy atom. The molecule has 1 amide bonds. The van der Waals surface area contributed by atoms with E-state index in [1.54, 1.807) is 42.2 Å². The smallest absolute Gasteiger partial charge is 0.265 e. The zero-order valence-electron chi connectivity index (χ0n) is 17.1. The number of benzene rings is 3. The Hall–Kier alpha value is -2.54. The number of thiazole rings is 1. The summed E-state index contributed by atoms with van der Waals surface area (Å²) in [5.41, 5.74) is 3.81. The predicted octanol–water partition coefficient (Wildman–Crippen LogP) is 6.96. The summed E-state index contributed by atoms with van der Waals surface area (Å²) in [6.45, 7) is 3.63. The Kier molecular flexibility index (Phi) is 6.80. The van der Waals surface area contributed by atoms with Gasteiger partial charge in [0, 0.05) is 16.5 Å². The van der Waals surface area contributed by atoms with Gasteiger partial charge in [0.1, 0.15) is 5.75 Å². The number of amides is 1. The van der Waals surface area contributed by atoms with Crippen molar-refractivity contribution in [1.29, 1.82) is 0 Å². The summed E-state index contributed by atoms with van der Waals surface area (Å²) in [5, 5.41) is 3.57. The van der Waals surface area contributed by atoms with Gasteiger partial charge < -0.3 is 10.1 Å². The number of nitrogens with zero attached hydrogens (tertiary/aromatic N) is 1. The number of ether oxygens (including phenoxy) is 1. The summed E-state index contributed by atoms with van der Waals surface area (Å²) in [6.07, 6.45) is -0.644. The number of thioether (sulfide) groups is 1. The van der Waals surface area contributed by atoms with E-state index in [1.165, 1.54) is 5.56 Å². The van der Waals surface area contributed by atoms with Crippen molar-refractivity contribution < 1.29 is 9.53 Å². The Labute approximate surface area is 194 Å². The highest BCUT2D eigenvalue weighted by Crippen LogP contribution is 2.33. The molecule has 0 spiro atoms. The predicted molar refractivity (Wildman–Crippen MR) is 131 cm³/mol. The molecule has 4 nitrogen and oxygen atoms in total. The van der Waals surface area contributed by atoms with Crippen molar-refractivity contribution in [2.45, 2.75) is 30.0 Å². The molecule has 0 radical (unpaired) electrons. The van der Waals surface area contributed by atoms with E-state index in [4.69, 9.17) is 16.3 Å². The third-order valence-corrected chi connectivity index (χ3v) is 7.12. The number of carbonyl (C=O) groups excluding carboxylic acids is 1. The molecule has 0 aliphatic heterocycles. The van der Waals surface area contributed by atoms with Crippen molar-refractivity contribution in [2.24, 2.45) is 0 Å². The van der Waals surface area contributed by atoms with Crippen molar-refractivity contribution >= 4 is 56.5 Å². The molecule has 0 saturated heterocycles. The standard InChI is InChI=1S/C24H21ClN2O2S2/c1-15-12-18(25)8-11-21(15)29-16(2)23(28)26-19-9-10-20-22(13-19)31-24(27-20)30-14-17-6-4-3-5-7-17/h3-13,16H,14H2,1-2H3,(H,26,28)/t16-/m0/s1. The highest BCUT2D eigenvalue weighted by atomic mass is 35.5. The average molecular weight is 469 g/mol. The minimum absolute atomic E-state index is 0.211. The Bertz CT molecular complexity index is 1210. The highest BCUT2D eigenvalue weighted by molar-refractivity contribution is 8.00. The maximum atomic E-state index is 12.6. The molecule has 0 unspecified atom stereocenters. The lowest BCUT2D eigenvalue weighted by Crippen LogP contribution is -2.30. The number of aromatic nitrogens is 1. The van der Waals surface area contributed by atoms with Gasteiger partial charge in [-0.2, -0.15) is 0 Å². The first kappa shape index (κ1) is 21.7. The van der Waals surface area contributed by atoms with Gasteiger partial charge in [0.2, 0.25) is 0 Å². The van der Waals surface area contributed by atoms with Crippen molar-refractivity contribution in [3.63, 3.8) is 0 Å². The fourth-order valence-electron chi connectivity index (χ4n) is 3.00. The molecule has 1 aromatic heterocycles. The summed E-state index contributed by atoms with van der Waals surface area (Å²) in [7, 11) is 0. The number of nitrogens with one attached hydrogen (secondary N) is 1. The minimum atomic E-state index is -0.644. The summed E-state index contributed by atoms with van der Waals surface area (Å²) >= 11 is 9.33. The highest BCUT2D eigenvalue weighted by Gasteiger charge is 2.16. The average Bonchev–Trinajstić information content (AvgIpc) is 3.17. The molecule has 1 atom stereocenters. The van der Waals surface area contributed by atoms with Gasteiger partial charge in [-0.05, 0) is 61.4 Å². The van der Waals surface area contributed by atoms with E-state index in [0.29, 0.717) is 10.8 Å². The van der Waals surface area contributed by atoms with Gasteiger partial charge >= 0.3 is 0 Å². The molecule has 31 heavy (non-hydrogen) atoms. The Morgan fingerprint density at radius 2 is 1.97 bits per heavy atom. The minimum Gasteiger partial charge on any atom is -0.481 e. The van der Waals surface area contributed by atoms with Gasteiger partial charge in [-0.25, -0.2) is 4.98 Å². The maximum Gasteiger partial charge on any atom is 0.265 e. The van der Waals surface area contributed by atoms with Crippen LogP contribution in [0.2, 0.25) is 5.02 Å². The van der Waals surface area contributed by atoms with Crippen LogP contribution in [0.3, 0.4) is 0 Å². The van der Waals surface area contributed by atoms with E-state index >= 15 is 0 Å². The molecule has 0 fully saturated rings. The largest absolute Gasteiger partial charge is 0.481 e. The molecule has 0 bridgehead atoms. The van der Waals surface area contributed by atoms with Crippen molar-refractivity contribution in [3.05, 3.63) is 82.9 Å². The van der Waals surface area contributed by atoms with Crippen LogP contribution in [0.15, 0.2) is 71.1 Å². The first-order chi connectivity index (χ1) is 15.0. The third kappa shape index (κ3) is 5.58. The van der Waals surface area contributed by atoms with Gasteiger partial charge in [-0.1, -0.05) is 53.7 Å². The van der Waals surface area contributed by atoms with Gasteiger partial charge in [0.05, 0.1) is 10.2 Å². The Morgan fingerprint density at radius 1 is 1.16 bits per heavy atom. The molecular formula is C24H21ClN2O2S2. The van der Waals surface area contributed by atoms with Crippen LogP contribution in [0.4, 0.5) is 5.69 Å². The number of hydrogen-bond donors (Lipinski definition) is 1. The molecule has 7 heteroatoms. The van der Waals surface area contributed by atoms with Gasteiger partial charge in [-0.3, -0.25) is 4.79 Å². The number of halogens is 1. The topological polar surface area (TPSA) is 51.2 Å². The molecular weight excluding hydrogens is 448 g/mol. The lowest BCUT2D eigenvalue weighted by atomic mass is 10.2. The molecule has 1 N–H and O–H groups in total. The van der Waals surface area contributed by atoms with Crippen molar-refractivity contribution in [1.82, 2.24) is 4.98 Å². The zero-order valence-corrected chi connectivity index (χ0v) is 19.5. The van der Waals surface area contributed by atoms with E-state index in [9.17, 15) is 4.79 Å². The van der Waals surface area contributed by atoms with E-state index in [1.807, 2.05) is 49.4 Å². The summed E-state index contributed by atoms with van der Waals surface area (Å²) in [5.74, 6) is 1.31. The van der Waals surface area contributed by atoms with E-state index in [2.05, 4.69) is 22.4 Å². The lowest BCUT2D eigenvalue weighted by Gasteiger charge is -2.16. The fourth-order valence-corrected chi connectivity index (χ4v) is 5.29. The summed E-state index contributed by atoms with van der Waals surface area (Å²) in [6, 6.07) is 21.4. The van der Waals surface area contributed by atoms with Crippen LogP contribution in [0.25, 0.3) is 10.2 Å². The first-order valence-electron chi connectivity index (χ1n) is 9.79. The lowest BCUT2D eigenvalue weighted by molar-refractivity contribution is -0.122. The summed E-state index contributed by atoms with van der Waals surface area (Å²) in [4.78, 5) is 17.3. The molecule has 0 saturated carbocycles. The molecule has 4 aromatic rings. The van der Waals surface area contributed by atoms with E-state index in [-0.39, 0.29) is 5.91 Å². The molecule has 4 rings (SSSR count). The quantitative estimate of drug-likeness (QED) is 0.298. The molecule has 158 valence electrons. The second-order valence-corrected chi connectivity index (χ2v) is 9.79. The zero-order chi connectivity index (χ0) is 21.8. The van der Waals surface area contributed by atoms with Gasteiger partial charge in [0.25, 0.3) is 5.91 Å². The van der Waals surface area contributed by atoms with Crippen LogP contribution in [0, 0.1) is 6.92 Å². The van der Waals surface area contributed by atoms with Crippen LogP contribution in [0.5, 0.6) is 5.75 Å². The normalized spacial score (nSPS) is 12.0. The first-order valence-corrected chi connectivity index (χ1v) is 12.0. The van der Waals surface area contributed by atoms with E-state index in [0.717, 1.165) is 31.6 Å². The second-order valence-electron chi connectivity index (χ2n) is 7.10. The van der Waals surface area contributed by atoms with Crippen molar-refractivity contribution in [3.8, 4) is 5.75 Å². The van der Waals surface area contributed by atoms with Crippen molar-refractivity contribution in [2.75, 3.05) is 5.32 Å². The van der Waals surface area contributed by atoms with Gasteiger partial charge in [-0.15, -0.1) is 11.3 Å². The van der Waals surface area contributed by atoms with Crippen LogP contribution < -0.4 is 10.1 Å². The van der Waals surface area contributed by atoms with E-state index < -0.39 is 6.10 Å². The maximum absolute atomic E-state index is 12.6. The molecule has 1 heterocycles. The number of fused-ring (bicyclic) bond motifs is 1. The number of rotatable bonds is 7. The molecule has 0 aliphatic rings. The number of anilines is 1. The second kappa shape index (κ2) is 9.73. The number of hydrogen-bond acceptors (Lipinski definition) is 5. The fraction of sp³-hybridized carbons (Fsp3) is 0.167. The Balaban J connectivity index is 1.40. The van der Waals surface area contributed by atoms with Gasteiger partial charge in [0.15, 0.2) is 10.4 Å². The molecule has 3 aromatic carbocycles. The summed E-state index contributed by atoms with van der Waals surface area (Å²) < 4.78 is 7.86. The number of aryl methyl sites for hydroxylation is 1. The third-order valence-electron chi connectivity index (χ3n) is 4.65. The van der Waals surface area contributed by atoms with Crippen LogP contribution in [-0.4, -0.2) is 17.0 Å². The number of carbonyl (C=O) groups is 1. The van der Waals surface area contributed by atoms with Crippen LogP contribution in [-0.2, 0) is 10.5 Å². The molecule has 0 aliphatic carbocycles. The van der Waals surface area contributed by atoms with Crippen LogP contribution in [0.1, 0.15) is 18.1 Å².